The van der Waals surface area contributed by atoms with Crippen molar-refractivity contribution in [1.82, 2.24) is 9.62 Å². The van der Waals surface area contributed by atoms with Crippen molar-refractivity contribution in [3.05, 3.63) is 22.7 Å². The molecule has 1 saturated heterocycles. The van der Waals surface area contributed by atoms with Gasteiger partial charge in [0.2, 0.25) is 10.0 Å². The second-order valence-electron chi connectivity index (χ2n) is 4.79. The van der Waals surface area contributed by atoms with Crippen LogP contribution < -0.4 is 10.1 Å². The highest BCUT2D eigenvalue weighted by molar-refractivity contribution is 9.10. The van der Waals surface area contributed by atoms with E-state index in [-0.39, 0.29) is 4.90 Å². The van der Waals surface area contributed by atoms with Gasteiger partial charge in [0.15, 0.2) is 0 Å². The fraction of sp³-hybridized carbons (Fsp3) is 0.538. The maximum Gasteiger partial charge on any atom is 0.243 e. The van der Waals surface area contributed by atoms with E-state index >= 15 is 0 Å². The van der Waals surface area contributed by atoms with Gasteiger partial charge in [-0.15, -0.1) is 0 Å². The summed E-state index contributed by atoms with van der Waals surface area (Å²) in [6.07, 6.45) is 1.67. The molecule has 0 aliphatic carbocycles. The van der Waals surface area contributed by atoms with E-state index in [1.54, 1.807) is 22.5 Å². The first-order valence-electron chi connectivity index (χ1n) is 6.49. The summed E-state index contributed by atoms with van der Waals surface area (Å²) in [5, 5.41) is 3.19. The second kappa shape index (κ2) is 6.43. The van der Waals surface area contributed by atoms with Crippen LogP contribution in [0.15, 0.2) is 27.6 Å². The van der Waals surface area contributed by atoms with Crippen molar-refractivity contribution in [2.75, 3.05) is 27.2 Å². The Hall–Kier alpha value is -0.630. The van der Waals surface area contributed by atoms with Crippen LogP contribution in [0.3, 0.4) is 0 Å². The highest BCUT2D eigenvalue weighted by Gasteiger charge is 2.29. The molecule has 0 saturated carbocycles. The molecule has 1 aromatic carbocycles. The first kappa shape index (κ1) is 15.8. The number of nitrogens with zero attached hydrogens (tertiary/aromatic N) is 1. The van der Waals surface area contributed by atoms with Gasteiger partial charge in [0.1, 0.15) is 5.75 Å². The molecule has 1 heterocycles. The molecule has 1 fully saturated rings. The lowest BCUT2D eigenvalue weighted by Gasteiger charge is -2.31. The molecule has 0 bridgehead atoms. The van der Waals surface area contributed by atoms with Crippen LogP contribution in [0.25, 0.3) is 0 Å². The molecule has 0 aromatic heterocycles. The molecular formula is C13H19BrN2O3S. The Balaban J connectivity index is 2.24. The molecule has 0 amide bonds. The quantitative estimate of drug-likeness (QED) is 0.887. The molecule has 20 heavy (non-hydrogen) atoms. The van der Waals surface area contributed by atoms with Crippen molar-refractivity contribution in [1.29, 1.82) is 0 Å². The normalized spacial score (nSPS) is 18.1. The number of hydrogen-bond donors (Lipinski definition) is 1. The highest BCUT2D eigenvalue weighted by Crippen LogP contribution is 2.27. The van der Waals surface area contributed by atoms with E-state index in [4.69, 9.17) is 4.74 Å². The van der Waals surface area contributed by atoms with Gasteiger partial charge in [-0.2, -0.15) is 4.31 Å². The maximum atomic E-state index is 12.6. The number of rotatable bonds is 4. The highest BCUT2D eigenvalue weighted by atomic mass is 79.9. The fourth-order valence-corrected chi connectivity index (χ4v) is 4.49. The zero-order valence-electron chi connectivity index (χ0n) is 11.6. The lowest BCUT2D eigenvalue weighted by Crippen LogP contribution is -2.43. The molecule has 0 spiro atoms. The lowest BCUT2D eigenvalue weighted by atomic mass is 10.1. The van der Waals surface area contributed by atoms with Crippen LogP contribution >= 0.6 is 15.9 Å². The van der Waals surface area contributed by atoms with Crippen molar-refractivity contribution < 1.29 is 13.2 Å². The Labute approximate surface area is 128 Å². The van der Waals surface area contributed by atoms with Crippen molar-refractivity contribution in [3.63, 3.8) is 0 Å². The largest absolute Gasteiger partial charge is 0.497 e. The summed E-state index contributed by atoms with van der Waals surface area (Å²) in [5.41, 5.74) is 0. The van der Waals surface area contributed by atoms with Gasteiger partial charge in [0.05, 0.1) is 12.0 Å². The average Bonchev–Trinajstić information content (AvgIpc) is 2.46. The van der Waals surface area contributed by atoms with Crippen molar-refractivity contribution in [2.24, 2.45) is 0 Å². The van der Waals surface area contributed by atoms with E-state index in [1.165, 1.54) is 7.11 Å². The zero-order valence-corrected chi connectivity index (χ0v) is 14.0. The summed E-state index contributed by atoms with van der Waals surface area (Å²) in [4.78, 5) is 0.270. The summed E-state index contributed by atoms with van der Waals surface area (Å²) < 4.78 is 32.6. The van der Waals surface area contributed by atoms with E-state index < -0.39 is 10.0 Å². The van der Waals surface area contributed by atoms with E-state index in [9.17, 15) is 8.42 Å². The van der Waals surface area contributed by atoms with Crippen LogP contribution in [0, 0.1) is 0 Å². The Kier molecular flexibility index (Phi) is 5.06. The van der Waals surface area contributed by atoms with E-state index in [0.29, 0.717) is 29.4 Å². The number of methoxy groups -OCH3 is 1. The third kappa shape index (κ3) is 3.33. The van der Waals surface area contributed by atoms with E-state index in [0.717, 1.165) is 12.8 Å². The molecular weight excluding hydrogens is 344 g/mol. The standard InChI is InChI=1S/C13H19BrN2O3S/c1-15-11-3-5-16(6-4-11)20(17,18)13-8-10(14)7-12(9-13)19-2/h7-9,11,15H,3-6H2,1-2H3. The molecule has 0 unspecified atom stereocenters. The van der Waals surface area contributed by atoms with Crippen LogP contribution in [0.1, 0.15) is 12.8 Å². The minimum Gasteiger partial charge on any atom is -0.497 e. The van der Waals surface area contributed by atoms with Gasteiger partial charge in [-0.3, -0.25) is 0 Å². The van der Waals surface area contributed by atoms with Gasteiger partial charge in [0.25, 0.3) is 0 Å². The average molecular weight is 363 g/mol. The monoisotopic (exact) mass is 362 g/mol. The fourth-order valence-electron chi connectivity index (χ4n) is 2.34. The number of hydrogen-bond acceptors (Lipinski definition) is 4. The number of benzene rings is 1. The number of nitrogens with one attached hydrogen (secondary N) is 1. The summed E-state index contributed by atoms with van der Waals surface area (Å²) in [6, 6.07) is 5.32. The molecule has 5 nitrogen and oxygen atoms in total. The number of sulfonamides is 1. The minimum absolute atomic E-state index is 0.270. The Morgan fingerprint density at radius 1 is 1.30 bits per heavy atom. The first-order valence-corrected chi connectivity index (χ1v) is 8.72. The molecule has 1 aromatic rings. The molecule has 1 aliphatic rings. The maximum absolute atomic E-state index is 12.6. The topological polar surface area (TPSA) is 58.6 Å². The molecule has 0 atom stereocenters. The number of halogens is 1. The minimum atomic E-state index is -3.45. The van der Waals surface area contributed by atoms with Crippen LogP contribution in [0.5, 0.6) is 5.75 Å². The summed E-state index contributed by atoms with van der Waals surface area (Å²) >= 11 is 3.32. The molecule has 0 radical (unpaired) electrons. The molecule has 7 heteroatoms. The zero-order chi connectivity index (χ0) is 14.8. The predicted octanol–water partition coefficient (Wildman–Crippen LogP) is 1.83. The van der Waals surface area contributed by atoms with E-state index in [1.807, 2.05) is 7.05 Å². The SMILES string of the molecule is CNC1CCN(S(=O)(=O)c2cc(Br)cc(OC)c2)CC1. The Morgan fingerprint density at radius 3 is 2.50 bits per heavy atom. The van der Waals surface area contributed by atoms with Crippen molar-refractivity contribution in [2.45, 2.75) is 23.8 Å². The molecule has 1 aliphatic heterocycles. The summed E-state index contributed by atoms with van der Waals surface area (Å²) in [5.74, 6) is 0.531. The van der Waals surface area contributed by atoms with E-state index in [2.05, 4.69) is 21.2 Å². The molecule has 1 N–H and O–H groups in total. The second-order valence-corrected chi connectivity index (χ2v) is 7.65. The van der Waals surface area contributed by atoms with Crippen LogP contribution in [0.2, 0.25) is 0 Å². The lowest BCUT2D eigenvalue weighted by molar-refractivity contribution is 0.298. The molecule has 2 rings (SSSR count). The van der Waals surface area contributed by atoms with Gasteiger partial charge in [-0.1, -0.05) is 15.9 Å². The Bertz CT molecular complexity index is 569. The predicted molar refractivity (Wildman–Crippen MR) is 81.5 cm³/mol. The van der Waals surface area contributed by atoms with Crippen LogP contribution in [-0.2, 0) is 10.0 Å². The van der Waals surface area contributed by atoms with Crippen molar-refractivity contribution >= 4 is 26.0 Å². The van der Waals surface area contributed by atoms with Gasteiger partial charge in [-0.25, -0.2) is 8.42 Å². The first-order chi connectivity index (χ1) is 9.47. The van der Waals surface area contributed by atoms with Gasteiger partial charge in [0, 0.05) is 29.7 Å². The number of ether oxygens (including phenoxy) is 1. The third-order valence-electron chi connectivity index (χ3n) is 3.58. The third-order valence-corrected chi connectivity index (χ3v) is 5.91. The smallest absolute Gasteiger partial charge is 0.243 e. The van der Waals surface area contributed by atoms with Crippen molar-refractivity contribution in [3.8, 4) is 5.75 Å². The van der Waals surface area contributed by atoms with Gasteiger partial charge < -0.3 is 10.1 Å². The molecule has 112 valence electrons. The van der Waals surface area contributed by atoms with Crippen LogP contribution in [-0.4, -0.2) is 46.0 Å². The van der Waals surface area contributed by atoms with Gasteiger partial charge >= 0.3 is 0 Å². The number of piperidine rings is 1. The Morgan fingerprint density at radius 2 is 1.95 bits per heavy atom. The summed E-state index contributed by atoms with van der Waals surface area (Å²) in [7, 11) is -0.0181. The van der Waals surface area contributed by atoms with Crippen LogP contribution in [0.4, 0.5) is 0 Å². The van der Waals surface area contributed by atoms with Gasteiger partial charge in [-0.05, 0) is 32.0 Å². The summed E-state index contributed by atoms with van der Waals surface area (Å²) in [6.45, 7) is 1.09.